The number of rotatable bonds is 6. The lowest BCUT2D eigenvalue weighted by Crippen LogP contribution is -2.63. The number of carbonyl (C=O) groups excluding carboxylic acids is 3. The van der Waals surface area contributed by atoms with Gasteiger partial charge in [0.25, 0.3) is 5.91 Å². The molecule has 41 heavy (non-hydrogen) atoms. The third kappa shape index (κ3) is 4.13. The number of aliphatic hydroxyl groups is 3. The number of allylic oxidation sites excluding steroid dienone is 1. The van der Waals surface area contributed by atoms with Crippen molar-refractivity contribution in [3.63, 3.8) is 0 Å². The van der Waals surface area contributed by atoms with E-state index in [9.17, 15) is 34.8 Å². The average molecular weight is 564 g/mol. The second-order valence-corrected chi connectivity index (χ2v) is 11.2. The van der Waals surface area contributed by atoms with E-state index in [1.807, 2.05) is 25.1 Å². The molecule has 0 radical (unpaired) electrons. The Hall–Kier alpha value is -4.42. The van der Waals surface area contributed by atoms with Gasteiger partial charge in [-0.3, -0.25) is 24.3 Å². The summed E-state index contributed by atoms with van der Waals surface area (Å²) < 4.78 is 0. The lowest BCUT2D eigenvalue weighted by molar-refractivity contribution is -0.148. The van der Waals surface area contributed by atoms with E-state index in [4.69, 9.17) is 5.73 Å². The van der Waals surface area contributed by atoms with Crippen LogP contribution in [0.1, 0.15) is 27.9 Å². The molecule has 0 aliphatic heterocycles. The Labute approximate surface area is 236 Å². The number of Topliss-reactive ketones (excluding diaryl/α,β-unsaturated/α-hetero) is 2. The van der Waals surface area contributed by atoms with Crippen LogP contribution in [0.4, 0.5) is 11.4 Å². The van der Waals surface area contributed by atoms with Crippen LogP contribution in [-0.2, 0) is 22.6 Å². The SMILES string of the molecule is CN(C)c1cc(CNc2cccnc2)c(O)c2c1C[C@H]1C[C@H]3C(N(C)C)C(O)=C(C(N)=O)C(=O)[C@@]3(O)C(O)=C1C2=O. The average Bonchev–Trinajstić information content (AvgIpc) is 2.90. The van der Waals surface area contributed by atoms with Crippen molar-refractivity contribution in [3.05, 3.63) is 69.9 Å². The van der Waals surface area contributed by atoms with Crippen LogP contribution in [0.5, 0.6) is 5.75 Å². The van der Waals surface area contributed by atoms with Gasteiger partial charge in [-0.1, -0.05) is 0 Å². The fraction of sp³-hybridized carbons (Fsp3) is 0.379. The molecule has 1 heterocycles. The van der Waals surface area contributed by atoms with Crippen molar-refractivity contribution in [3.8, 4) is 5.75 Å². The van der Waals surface area contributed by atoms with Crippen LogP contribution in [0.25, 0.3) is 0 Å². The number of primary amides is 1. The number of aliphatic hydroxyl groups excluding tert-OH is 2. The van der Waals surface area contributed by atoms with E-state index in [0.717, 1.165) is 0 Å². The van der Waals surface area contributed by atoms with Crippen molar-refractivity contribution in [2.45, 2.75) is 31.0 Å². The maximum absolute atomic E-state index is 14.1. The largest absolute Gasteiger partial charge is 0.510 e. The molecule has 216 valence electrons. The Bertz CT molecular complexity index is 1530. The number of nitrogens with one attached hydrogen (secondary N) is 1. The Morgan fingerprint density at radius 3 is 2.49 bits per heavy atom. The highest BCUT2D eigenvalue weighted by molar-refractivity contribution is 6.25. The molecule has 0 fully saturated rings. The highest BCUT2D eigenvalue weighted by atomic mass is 16.3. The van der Waals surface area contributed by atoms with Crippen LogP contribution in [0, 0.1) is 11.8 Å². The number of nitrogens with zero attached hydrogens (tertiary/aromatic N) is 3. The monoisotopic (exact) mass is 563 g/mol. The number of fused-ring (bicyclic) bond motifs is 3. The molecule has 5 rings (SSSR count). The Kier molecular flexibility index (Phi) is 6.79. The van der Waals surface area contributed by atoms with E-state index in [2.05, 4.69) is 10.3 Å². The van der Waals surface area contributed by atoms with Crippen LogP contribution in [0.15, 0.2) is 53.3 Å². The van der Waals surface area contributed by atoms with Crippen LogP contribution in [-0.4, -0.2) is 87.6 Å². The van der Waals surface area contributed by atoms with Gasteiger partial charge in [0.05, 0.1) is 17.3 Å². The number of aromatic hydroxyl groups is 1. The Morgan fingerprint density at radius 1 is 1.20 bits per heavy atom. The Morgan fingerprint density at radius 2 is 1.90 bits per heavy atom. The van der Waals surface area contributed by atoms with Crippen molar-refractivity contribution in [1.82, 2.24) is 9.88 Å². The molecule has 1 aromatic heterocycles. The number of phenolic OH excluding ortho intramolecular Hbond substituents is 1. The third-order valence-corrected chi connectivity index (χ3v) is 8.40. The number of ketones is 2. The number of nitrogens with two attached hydrogens (primary N) is 1. The van der Waals surface area contributed by atoms with Crippen molar-refractivity contribution in [1.29, 1.82) is 0 Å². The second kappa shape index (κ2) is 9.89. The topological polar surface area (TPSA) is 190 Å². The molecule has 1 unspecified atom stereocenters. The smallest absolute Gasteiger partial charge is 0.255 e. The maximum Gasteiger partial charge on any atom is 0.255 e. The van der Waals surface area contributed by atoms with Gasteiger partial charge in [0.1, 0.15) is 22.8 Å². The maximum atomic E-state index is 14.1. The first-order chi connectivity index (χ1) is 19.3. The second-order valence-electron chi connectivity index (χ2n) is 11.2. The lowest BCUT2D eigenvalue weighted by Gasteiger charge is -2.50. The zero-order chi connectivity index (χ0) is 30.0. The number of benzene rings is 1. The fourth-order valence-corrected chi connectivity index (χ4v) is 6.55. The van der Waals surface area contributed by atoms with Crippen molar-refractivity contribution >= 4 is 28.8 Å². The standard InChI is InChI=1S/C29H33N5O7/c1-33(2)18-10-14(11-32-15-6-5-7-31-12-15)23(35)20-16(18)8-13-9-17-22(34(3)4)25(37)21(28(30)40)27(39)29(17,41)26(38)19(13)24(20)36/h5-7,10,12-13,17,22,32,35,37-38,41H,8-9,11H2,1-4H3,(H2,30,40)/t13-,17-,22?,29-/m0/s1. The predicted molar refractivity (Wildman–Crippen MR) is 150 cm³/mol. The summed E-state index contributed by atoms with van der Waals surface area (Å²) in [5.41, 5.74) is 4.04. The summed E-state index contributed by atoms with van der Waals surface area (Å²) in [7, 11) is 6.81. The third-order valence-electron chi connectivity index (χ3n) is 8.40. The molecule has 4 atom stereocenters. The minimum Gasteiger partial charge on any atom is -0.510 e. The number of likely N-dealkylation sites (N-methyl/N-ethyl adjacent to an activating group) is 1. The highest BCUT2D eigenvalue weighted by Crippen LogP contribution is 2.53. The predicted octanol–water partition coefficient (Wildman–Crippen LogP) is 1.19. The lowest BCUT2D eigenvalue weighted by atomic mass is 9.58. The number of hydrogen-bond donors (Lipinski definition) is 6. The normalized spacial score (nSPS) is 25.6. The van der Waals surface area contributed by atoms with Gasteiger partial charge < -0.3 is 36.4 Å². The number of amides is 1. The number of phenols is 1. The number of hydrogen-bond acceptors (Lipinski definition) is 11. The van der Waals surface area contributed by atoms with E-state index in [-0.39, 0.29) is 36.3 Å². The molecule has 7 N–H and O–H groups in total. The van der Waals surface area contributed by atoms with E-state index in [0.29, 0.717) is 22.5 Å². The summed E-state index contributed by atoms with van der Waals surface area (Å²) in [4.78, 5) is 47.1. The van der Waals surface area contributed by atoms with Gasteiger partial charge in [0.2, 0.25) is 5.78 Å². The zero-order valence-corrected chi connectivity index (χ0v) is 23.2. The number of carbonyl (C=O) groups is 3. The van der Waals surface area contributed by atoms with Gasteiger partial charge in [0.15, 0.2) is 11.4 Å². The van der Waals surface area contributed by atoms with Gasteiger partial charge in [-0.05, 0) is 56.6 Å². The fourth-order valence-electron chi connectivity index (χ4n) is 6.55. The van der Waals surface area contributed by atoms with Crippen molar-refractivity contribution < 1.29 is 34.8 Å². The van der Waals surface area contributed by atoms with Gasteiger partial charge >= 0.3 is 0 Å². The summed E-state index contributed by atoms with van der Waals surface area (Å²) in [6, 6.07) is 4.32. The molecule has 2 aromatic rings. The minimum atomic E-state index is -2.68. The van der Waals surface area contributed by atoms with Crippen LogP contribution < -0.4 is 16.0 Å². The van der Waals surface area contributed by atoms with E-state index < -0.39 is 58.0 Å². The first-order valence-electron chi connectivity index (χ1n) is 13.1. The molecular weight excluding hydrogens is 530 g/mol. The van der Waals surface area contributed by atoms with Gasteiger partial charge in [-0.2, -0.15) is 0 Å². The van der Waals surface area contributed by atoms with E-state index in [1.54, 1.807) is 38.6 Å². The molecule has 0 spiro atoms. The van der Waals surface area contributed by atoms with Crippen molar-refractivity contribution in [2.75, 3.05) is 38.4 Å². The molecule has 12 nitrogen and oxygen atoms in total. The first-order valence-corrected chi connectivity index (χ1v) is 13.1. The minimum absolute atomic E-state index is 0.0278. The molecule has 3 aliphatic carbocycles. The molecule has 0 bridgehead atoms. The molecule has 0 saturated carbocycles. The Balaban J connectivity index is 1.66. The summed E-state index contributed by atoms with van der Waals surface area (Å²) in [5.74, 6) is -6.73. The van der Waals surface area contributed by atoms with Crippen LogP contribution in [0.2, 0.25) is 0 Å². The van der Waals surface area contributed by atoms with Crippen LogP contribution >= 0.6 is 0 Å². The first kappa shape index (κ1) is 28.1. The molecular formula is C29H33N5O7. The molecule has 0 saturated heterocycles. The number of aromatic nitrogens is 1. The summed E-state index contributed by atoms with van der Waals surface area (Å²) in [6.45, 7) is 0.161. The van der Waals surface area contributed by atoms with Gasteiger partial charge in [-0.15, -0.1) is 0 Å². The summed E-state index contributed by atoms with van der Waals surface area (Å²) in [5, 5.41) is 48.7. The summed E-state index contributed by atoms with van der Waals surface area (Å²) >= 11 is 0. The molecule has 12 heteroatoms. The number of pyridine rings is 1. The molecule has 1 amide bonds. The van der Waals surface area contributed by atoms with Gasteiger partial charge in [0, 0.05) is 55.8 Å². The quantitative estimate of drug-likeness (QED) is 0.277. The van der Waals surface area contributed by atoms with E-state index >= 15 is 0 Å². The zero-order valence-electron chi connectivity index (χ0n) is 23.2. The van der Waals surface area contributed by atoms with Crippen molar-refractivity contribution in [2.24, 2.45) is 17.6 Å². The van der Waals surface area contributed by atoms with E-state index in [1.165, 1.54) is 4.90 Å². The molecule has 3 aliphatic rings. The number of anilines is 2. The highest BCUT2D eigenvalue weighted by Gasteiger charge is 2.63. The summed E-state index contributed by atoms with van der Waals surface area (Å²) in [6.07, 6.45) is 3.50. The molecule has 1 aromatic carbocycles. The van der Waals surface area contributed by atoms with Crippen LogP contribution in [0.3, 0.4) is 0 Å². The van der Waals surface area contributed by atoms with Gasteiger partial charge in [-0.25, -0.2) is 0 Å².